The minimum absolute atomic E-state index is 0.877. The normalized spacial score (nSPS) is 14.1. The van der Waals surface area contributed by atoms with E-state index in [4.69, 9.17) is 19.9 Å². The fraction of sp³-hybridized carbons (Fsp3) is 0.333. The Labute approximate surface area is 401 Å². The lowest BCUT2D eigenvalue weighted by molar-refractivity contribution is 1.14. The quantitative estimate of drug-likeness (QED) is 0.128. The Morgan fingerprint density at radius 2 is 0.544 bits per heavy atom. The molecule has 4 aliphatic heterocycles. The highest BCUT2D eigenvalue weighted by atomic mass is 14.8. The average Bonchev–Trinajstić information content (AvgIpc) is 4.18. The van der Waals surface area contributed by atoms with Crippen LogP contribution in [0, 0.1) is 27.7 Å². The number of nitrogens with one attached hydrogen (secondary N) is 4. The van der Waals surface area contributed by atoms with Gasteiger partial charge in [-0.3, -0.25) is 0 Å². The van der Waals surface area contributed by atoms with E-state index in [2.05, 4.69) is 165 Å². The summed E-state index contributed by atoms with van der Waals surface area (Å²) < 4.78 is 0. The average molecular weight is 899 g/mol. The Hall–Kier alpha value is -6.80. The van der Waals surface area contributed by atoms with Gasteiger partial charge in [-0.05, 0) is 220 Å². The van der Waals surface area contributed by atoms with Crippen LogP contribution >= 0.6 is 0 Å². The van der Waals surface area contributed by atoms with Crippen molar-refractivity contribution < 1.29 is 0 Å². The number of fused-ring (bicyclic) bond motifs is 16. The van der Waals surface area contributed by atoms with E-state index in [1.807, 2.05) is 0 Å². The lowest BCUT2D eigenvalue weighted by Gasteiger charge is -2.03. The van der Waals surface area contributed by atoms with Crippen molar-refractivity contribution >= 4 is 88.7 Å². The summed E-state index contributed by atoms with van der Waals surface area (Å²) in [6.45, 7) is 31.3. The molecule has 0 spiro atoms. The Morgan fingerprint density at radius 1 is 0.279 bits per heavy atom. The molecule has 8 nitrogen and oxygen atoms in total. The lowest BCUT2D eigenvalue weighted by atomic mass is 9.98. The van der Waals surface area contributed by atoms with Crippen LogP contribution in [0.2, 0.25) is 0 Å². The van der Waals surface area contributed by atoms with Gasteiger partial charge in [0.1, 0.15) is 0 Å². The predicted molar refractivity (Wildman–Crippen MR) is 290 cm³/mol. The molecule has 16 bridgehead atoms. The maximum atomic E-state index is 5.38. The van der Waals surface area contributed by atoms with Crippen LogP contribution < -0.4 is 0 Å². The van der Waals surface area contributed by atoms with Crippen LogP contribution in [-0.4, -0.2) is 39.9 Å². The standard InChI is InChI=1S/C60H66N8/c1-15-37-29(7)43-23-53-41(19-5)33(11)47(65-53)27-57-59(35(13)49(67-57)25-55-39(17-3)31(9)45(63-55)21-51(37)61-43)60-36(14)50-26-56-40(18-4)32(10)46(64-56)22-52-38(16-2)30(8)44(62-52)24-54-42(20-6)34(12)48(66-54)28-58(60)68-50/h21-28,65-68H,15-20H2,1-14H3. The fourth-order valence-corrected chi connectivity index (χ4v) is 11.7. The van der Waals surface area contributed by atoms with Crippen LogP contribution in [0.4, 0.5) is 0 Å². The topological polar surface area (TPSA) is 115 Å². The van der Waals surface area contributed by atoms with E-state index in [9.17, 15) is 0 Å². The first-order valence-electron chi connectivity index (χ1n) is 25.0. The van der Waals surface area contributed by atoms with Crippen molar-refractivity contribution in [3.8, 4) is 11.1 Å². The molecular formula is C60H66N8. The van der Waals surface area contributed by atoms with Crippen LogP contribution in [0.25, 0.3) is 99.8 Å². The van der Waals surface area contributed by atoms with Crippen molar-refractivity contribution in [2.45, 2.75) is 135 Å². The minimum Gasteiger partial charge on any atom is -0.355 e. The first kappa shape index (κ1) is 45.0. The van der Waals surface area contributed by atoms with Crippen LogP contribution in [0.1, 0.15) is 174 Å². The first-order valence-corrected chi connectivity index (χ1v) is 25.0. The van der Waals surface area contributed by atoms with E-state index in [-0.39, 0.29) is 0 Å². The van der Waals surface area contributed by atoms with Gasteiger partial charge in [0.2, 0.25) is 0 Å². The molecule has 10 heterocycles. The molecule has 0 fully saturated rings. The Kier molecular flexibility index (Phi) is 11.3. The largest absolute Gasteiger partial charge is 0.355 e. The maximum absolute atomic E-state index is 5.38. The molecule has 346 valence electrons. The van der Waals surface area contributed by atoms with Gasteiger partial charge in [0.25, 0.3) is 0 Å². The van der Waals surface area contributed by atoms with Crippen LogP contribution in [-0.2, 0) is 12.8 Å². The highest BCUT2D eigenvalue weighted by Gasteiger charge is 2.25. The predicted octanol–water partition coefficient (Wildman–Crippen LogP) is 16.3. The van der Waals surface area contributed by atoms with E-state index in [1.54, 1.807) is 0 Å². The third kappa shape index (κ3) is 7.00. The molecule has 6 aromatic rings. The summed E-state index contributed by atoms with van der Waals surface area (Å²) in [7, 11) is 0. The second kappa shape index (κ2) is 17.1. The summed E-state index contributed by atoms with van der Waals surface area (Å²) in [5.41, 5.74) is 36.3. The summed E-state index contributed by atoms with van der Waals surface area (Å²) in [6, 6.07) is 18.2. The number of H-pyrrole nitrogens is 4. The van der Waals surface area contributed by atoms with E-state index < -0.39 is 0 Å². The molecular weight excluding hydrogens is 833 g/mol. The van der Waals surface area contributed by atoms with Gasteiger partial charge in [-0.2, -0.15) is 0 Å². The zero-order valence-corrected chi connectivity index (χ0v) is 42.7. The maximum Gasteiger partial charge on any atom is 0.0693 e. The summed E-state index contributed by atoms with van der Waals surface area (Å²) in [5.74, 6) is 0. The number of nitrogens with zero attached hydrogens (tertiary/aromatic N) is 4. The molecule has 10 rings (SSSR count). The van der Waals surface area contributed by atoms with E-state index in [0.29, 0.717) is 0 Å². The highest BCUT2D eigenvalue weighted by molar-refractivity contribution is 6.04. The summed E-state index contributed by atoms with van der Waals surface area (Å²) in [6.07, 6.45) is 5.36. The van der Waals surface area contributed by atoms with E-state index in [1.165, 1.54) is 78.0 Å². The van der Waals surface area contributed by atoms with Crippen LogP contribution in [0.15, 0.2) is 48.5 Å². The van der Waals surface area contributed by atoms with Gasteiger partial charge >= 0.3 is 0 Å². The van der Waals surface area contributed by atoms with Crippen LogP contribution in [0.3, 0.4) is 0 Å². The minimum atomic E-state index is 0.877. The third-order valence-corrected chi connectivity index (χ3v) is 15.7. The van der Waals surface area contributed by atoms with Crippen molar-refractivity contribution in [1.29, 1.82) is 0 Å². The van der Waals surface area contributed by atoms with Crippen molar-refractivity contribution in [3.63, 3.8) is 0 Å². The molecule has 6 aromatic heterocycles. The molecule has 0 radical (unpaired) electrons. The molecule has 8 heteroatoms. The second-order valence-electron chi connectivity index (χ2n) is 19.2. The zero-order chi connectivity index (χ0) is 48.0. The van der Waals surface area contributed by atoms with Crippen molar-refractivity contribution in [2.75, 3.05) is 0 Å². The lowest BCUT2D eigenvalue weighted by Crippen LogP contribution is -1.84. The summed E-state index contributed by atoms with van der Waals surface area (Å²) in [5, 5.41) is 0. The summed E-state index contributed by atoms with van der Waals surface area (Å²) in [4.78, 5) is 37.2. The van der Waals surface area contributed by atoms with Gasteiger partial charge in [-0.25, -0.2) is 19.9 Å². The van der Waals surface area contributed by atoms with Gasteiger partial charge in [-0.1, -0.05) is 41.5 Å². The Morgan fingerprint density at radius 3 is 0.853 bits per heavy atom. The molecule has 4 aliphatic rings. The number of rotatable bonds is 7. The molecule has 0 saturated heterocycles. The molecule has 0 saturated carbocycles. The molecule has 0 unspecified atom stereocenters. The van der Waals surface area contributed by atoms with Gasteiger partial charge in [-0.15, -0.1) is 0 Å². The van der Waals surface area contributed by atoms with E-state index >= 15 is 0 Å². The van der Waals surface area contributed by atoms with Gasteiger partial charge in [0, 0.05) is 55.3 Å². The van der Waals surface area contributed by atoms with Crippen molar-refractivity contribution in [3.05, 3.63) is 127 Å². The number of hydrogen-bond donors (Lipinski definition) is 4. The second-order valence-corrected chi connectivity index (χ2v) is 19.2. The number of allylic oxidation sites excluding steroid dienone is 8. The van der Waals surface area contributed by atoms with Gasteiger partial charge < -0.3 is 19.9 Å². The number of aryl methyl sites for hydroxylation is 6. The van der Waals surface area contributed by atoms with Crippen molar-refractivity contribution in [2.24, 2.45) is 0 Å². The fourth-order valence-electron chi connectivity index (χ4n) is 11.7. The smallest absolute Gasteiger partial charge is 0.0693 e. The Balaban J connectivity index is 1.37. The third-order valence-electron chi connectivity index (χ3n) is 15.7. The summed E-state index contributed by atoms with van der Waals surface area (Å²) >= 11 is 0. The highest BCUT2D eigenvalue weighted by Crippen LogP contribution is 2.43. The number of aromatic amines is 4. The molecule has 0 aliphatic carbocycles. The Bertz CT molecular complexity index is 3420. The number of aromatic nitrogens is 8. The first-order chi connectivity index (χ1) is 32.7. The monoisotopic (exact) mass is 899 g/mol. The van der Waals surface area contributed by atoms with Gasteiger partial charge in [0.15, 0.2) is 0 Å². The zero-order valence-electron chi connectivity index (χ0n) is 42.7. The van der Waals surface area contributed by atoms with Gasteiger partial charge in [0.05, 0.1) is 45.6 Å². The molecule has 0 atom stereocenters. The van der Waals surface area contributed by atoms with Crippen LogP contribution in [0.5, 0.6) is 0 Å². The SMILES string of the molecule is CCC1=C(C)c2cc3[nH]c(cc4[nH]c(cc5nc(cc1n2)C(C)=C5CC)c(C)c4-c1c(C)c2cc4nc(cc5nc(cc6[nH]c(cc1[nH]2)c(C)c6CC)C(C)=C5CC)C(C)=C4CC)c(C)c3CC. The molecule has 0 amide bonds. The molecule has 0 aromatic carbocycles. The number of hydrogen-bond acceptors (Lipinski definition) is 4. The van der Waals surface area contributed by atoms with E-state index in [0.717, 1.165) is 139 Å². The molecule has 68 heavy (non-hydrogen) atoms. The molecule has 4 N–H and O–H groups in total. The van der Waals surface area contributed by atoms with Crippen molar-refractivity contribution in [1.82, 2.24) is 39.9 Å².